The highest BCUT2D eigenvalue weighted by atomic mass is 16.6. The van der Waals surface area contributed by atoms with Gasteiger partial charge in [0.15, 0.2) is 11.5 Å². The van der Waals surface area contributed by atoms with E-state index in [0.29, 0.717) is 11.3 Å². The van der Waals surface area contributed by atoms with E-state index >= 15 is 0 Å². The lowest BCUT2D eigenvalue weighted by atomic mass is 10.0. The lowest BCUT2D eigenvalue weighted by Gasteiger charge is -2.13. The summed E-state index contributed by atoms with van der Waals surface area (Å²) in [6.45, 7) is 4.00. The number of phenols is 1. The second-order valence-electron chi connectivity index (χ2n) is 3.17. The van der Waals surface area contributed by atoms with Gasteiger partial charge < -0.3 is 9.84 Å². The Hall–Kier alpha value is -1.26. The van der Waals surface area contributed by atoms with Gasteiger partial charge in [0.2, 0.25) is 0 Å². The zero-order chi connectivity index (χ0) is 10.7. The predicted molar refractivity (Wildman–Crippen MR) is 53.1 cm³/mol. The van der Waals surface area contributed by atoms with Crippen LogP contribution in [0.4, 0.5) is 0 Å². The van der Waals surface area contributed by atoms with Crippen LogP contribution in [0.3, 0.4) is 0 Å². The summed E-state index contributed by atoms with van der Waals surface area (Å²) in [4.78, 5) is 4.49. The van der Waals surface area contributed by atoms with E-state index in [1.54, 1.807) is 0 Å². The van der Waals surface area contributed by atoms with Crippen molar-refractivity contribution in [3.8, 4) is 11.5 Å². The van der Waals surface area contributed by atoms with Crippen LogP contribution in [0.5, 0.6) is 11.5 Å². The molecule has 0 saturated carbocycles. The maximum absolute atomic E-state index is 9.76. The molecular weight excluding hydrogens is 182 g/mol. The summed E-state index contributed by atoms with van der Waals surface area (Å²) in [5.41, 5.74) is 2.59. The Balaban J connectivity index is 3.27. The van der Waals surface area contributed by atoms with Crippen LogP contribution in [0, 0.1) is 13.8 Å². The molecule has 14 heavy (non-hydrogen) atoms. The van der Waals surface area contributed by atoms with E-state index < -0.39 is 0 Å². The predicted octanol–water partition coefficient (Wildman–Crippen LogP) is 1.41. The molecule has 0 aliphatic rings. The highest BCUT2D eigenvalue weighted by molar-refractivity contribution is 5.53. The van der Waals surface area contributed by atoms with Crippen molar-refractivity contribution in [3.63, 3.8) is 0 Å². The molecule has 1 rings (SSSR count). The molecule has 0 spiro atoms. The van der Waals surface area contributed by atoms with Crippen molar-refractivity contribution in [1.82, 2.24) is 0 Å². The summed E-state index contributed by atoms with van der Waals surface area (Å²) >= 11 is 0. The molecule has 0 saturated heterocycles. The maximum Gasteiger partial charge on any atom is 0.164 e. The van der Waals surface area contributed by atoms with Crippen LogP contribution in [0.2, 0.25) is 0 Å². The van der Waals surface area contributed by atoms with Gasteiger partial charge in [-0.2, -0.15) is 0 Å². The van der Waals surface area contributed by atoms with E-state index in [2.05, 4.69) is 4.84 Å². The summed E-state index contributed by atoms with van der Waals surface area (Å²) in [5.74, 6) is 5.54. The molecule has 0 fully saturated rings. The fourth-order valence-corrected chi connectivity index (χ4v) is 1.39. The first-order valence-electron chi connectivity index (χ1n) is 4.29. The van der Waals surface area contributed by atoms with Gasteiger partial charge in [0.05, 0.1) is 13.7 Å². The fourth-order valence-electron chi connectivity index (χ4n) is 1.39. The number of aromatic hydroxyl groups is 1. The molecule has 78 valence electrons. The Bertz CT molecular complexity index is 337. The Labute approximate surface area is 83.2 Å². The van der Waals surface area contributed by atoms with Crippen molar-refractivity contribution in [2.24, 2.45) is 5.90 Å². The minimum atomic E-state index is 0.0982. The van der Waals surface area contributed by atoms with Crippen molar-refractivity contribution in [3.05, 3.63) is 22.8 Å². The van der Waals surface area contributed by atoms with E-state index in [9.17, 15) is 5.11 Å². The van der Waals surface area contributed by atoms with Gasteiger partial charge in [-0.15, -0.1) is 0 Å². The second-order valence-corrected chi connectivity index (χ2v) is 3.17. The van der Waals surface area contributed by atoms with E-state index in [-0.39, 0.29) is 12.4 Å². The average Bonchev–Trinajstić information content (AvgIpc) is 2.16. The van der Waals surface area contributed by atoms with Crippen LogP contribution in [-0.4, -0.2) is 12.2 Å². The minimum Gasteiger partial charge on any atom is -0.504 e. The summed E-state index contributed by atoms with van der Waals surface area (Å²) < 4.78 is 5.10. The molecule has 1 aromatic rings. The maximum atomic E-state index is 9.76. The van der Waals surface area contributed by atoms with E-state index in [0.717, 1.165) is 11.1 Å². The highest BCUT2D eigenvalue weighted by Gasteiger charge is 2.13. The van der Waals surface area contributed by atoms with Gasteiger partial charge in [0, 0.05) is 5.56 Å². The number of hydrogen-bond acceptors (Lipinski definition) is 4. The highest BCUT2D eigenvalue weighted by Crippen LogP contribution is 2.35. The Kier molecular flexibility index (Phi) is 3.33. The number of methoxy groups -OCH3 is 1. The lowest BCUT2D eigenvalue weighted by molar-refractivity contribution is 0.121. The molecule has 0 aromatic heterocycles. The molecule has 1 aromatic carbocycles. The van der Waals surface area contributed by atoms with Crippen LogP contribution < -0.4 is 10.6 Å². The molecule has 4 heteroatoms. The van der Waals surface area contributed by atoms with Gasteiger partial charge in [0.25, 0.3) is 0 Å². The Morgan fingerprint density at radius 1 is 1.43 bits per heavy atom. The van der Waals surface area contributed by atoms with Crippen molar-refractivity contribution in [1.29, 1.82) is 0 Å². The van der Waals surface area contributed by atoms with Gasteiger partial charge in [-0.1, -0.05) is 0 Å². The summed E-state index contributed by atoms with van der Waals surface area (Å²) in [6, 6.07) is 1.83. The molecular formula is C10H15NO3. The van der Waals surface area contributed by atoms with Gasteiger partial charge >= 0.3 is 0 Å². The molecule has 0 heterocycles. The van der Waals surface area contributed by atoms with E-state index in [1.165, 1.54) is 7.11 Å². The quantitative estimate of drug-likeness (QED) is 0.719. The molecule has 4 nitrogen and oxygen atoms in total. The summed E-state index contributed by atoms with van der Waals surface area (Å²) in [6.07, 6.45) is 0. The zero-order valence-corrected chi connectivity index (χ0v) is 8.63. The number of rotatable bonds is 3. The molecule has 0 bridgehead atoms. The standard InChI is InChI=1S/C10H15NO3/c1-6-4-8(5-14-11)9(12)10(13-3)7(6)2/h4,12H,5,11H2,1-3H3. The van der Waals surface area contributed by atoms with Crippen LogP contribution >= 0.6 is 0 Å². The molecule has 0 unspecified atom stereocenters. The first-order chi connectivity index (χ1) is 6.61. The van der Waals surface area contributed by atoms with Gasteiger partial charge in [-0.25, -0.2) is 5.90 Å². The van der Waals surface area contributed by atoms with Crippen molar-refractivity contribution in [2.45, 2.75) is 20.5 Å². The molecule has 3 N–H and O–H groups in total. The number of benzene rings is 1. The first kappa shape index (κ1) is 10.8. The van der Waals surface area contributed by atoms with Crippen LogP contribution in [0.15, 0.2) is 6.07 Å². The fraction of sp³-hybridized carbons (Fsp3) is 0.400. The topological polar surface area (TPSA) is 64.7 Å². The normalized spacial score (nSPS) is 10.3. The third kappa shape index (κ3) is 1.81. The first-order valence-corrected chi connectivity index (χ1v) is 4.29. The summed E-state index contributed by atoms with van der Waals surface area (Å²) in [7, 11) is 1.52. The SMILES string of the molecule is COc1c(C)c(C)cc(CON)c1O. The summed E-state index contributed by atoms with van der Waals surface area (Å²) in [5, 5.41) is 9.76. The van der Waals surface area contributed by atoms with Crippen molar-refractivity contribution in [2.75, 3.05) is 7.11 Å². The Morgan fingerprint density at radius 3 is 2.57 bits per heavy atom. The number of hydrogen-bond donors (Lipinski definition) is 2. The number of ether oxygens (including phenoxy) is 1. The van der Waals surface area contributed by atoms with Gasteiger partial charge in [-0.05, 0) is 31.0 Å². The van der Waals surface area contributed by atoms with E-state index in [4.69, 9.17) is 10.6 Å². The van der Waals surface area contributed by atoms with Gasteiger partial charge in [-0.3, -0.25) is 4.84 Å². The Morgan fingerprint density at radius 2 is 2.07 bits per heavy atom. The second kappa shape index (κ2) is 4.30. The van der Waals surface area contributed by atoms with E-state index in [1.807, 2.05) is 19.9 Å². The molecule has 0 radical (unpaired) electrons. The number of nitrogens with two attached hydrogens (primary N) is 1. The number of aryl methyl sites for hydroxylation is 1. The smallest absolute Gasteiger partial charge is 0.164 e. The van der Waals surface area contributed by atoms with Crippen molar-refractivity contribution < 1.29 is 14.7 Å². The molecule has 0 atom stereocenters. The third-order valence-electron chi connectivity index (χ3n) is 2.29. The number of phenolic OH excluding ortho intramolecular Hbond substituents is 1. The largest absolute Gasteiger partial charge is 0.504 e. The zero-order valence-electron chi connectivity index (χ0n) is 8.63. The van der Waals surface area contributed by atoms with Crippen LogP contribution in [0.1, 0.15) is 16.7 Å². The molecule has 0 aliphatic heterocycles. The molecule has 0 amide bonds. The monoisotopic (exact) mass is 197 g/mol. The van der Waals surface area contributed by atoms with Crippen molar-refractivity contribution >= 4 is 0 Å². The lowest BCUT2D eigenvalue weighted by Crippen LogP contribution is -2.01. The van der Waals surface area contributed by atoms with Crippen LogP contribution in [0.25, 0.3) is 0 Å². The third-order valence-corrected chi connectivity index (χ3v) is 2.29. The average molecular weight is 197 g/mol. The minimum absolute atomic E-state index is 0.0982. The van der Waals surface area contributed by atoms with Crippen LogP contribution in [-0.2, 0) is 11.4 Å². The van der Waals surface area contributed by atoms with Gasteiger partial charge in [0.1, 0.15) is 0 Å². The molecule has 0 aliphatic carbocycles.